The van der Waals surface area contributed by atoms with E-state index in [1.807, 2.05) is 19.9 Å². The lowest BCUT2D eigenvalue weighted by molar-refractivity contribution is 0.580. The fourth-order valence-corrected chi connectivity index (χ4v) is 1.98. The lowest BCUT2D eigenvalue weighted by Gasteiger charge is -2.08. The smallest absolute Gasteiger partial charge is 0.135 e. The summed E-state index contributed by atoms with van der Waals surface area (Å²) in [6, 6.07) is 5.35. The number of nitrogens with zero attached hydrogens (tertiary/aromatic N) is 2. The number of nitrogens with one attached hydrogen (secondary N) is 1. The molecular formula is C15H17F2N3. The summed E-state index contributed by atoms with van der Waals surface area (Å²) in [7, 11) is 0. The van der Waals surface area contributed by atoms with Crippen LogP contribution in [0.3, 0.4) is 0 Å². The summed E-state index contributed by atoms with van der Waals surface area (Å²) in [5, 5.41) is 3.13. The second kappa shape index (κ2) is 6.41. The van der Waals surface area contributed by atoms with Crippen molar-refractivity contribution in [3.63, 3.8) is 0 Å². The van der Waals surface area contributed by atoms with E-state index in [0.717, 1.165) is 30.5 Å². The Morgan fingerprint density at radius 2 is 1.70 bits per heavy atom. The van der Waals surface area contributed by atoms with Crippen LogP contribution in [0, 0.1) is 11.6 Å². The van der Waals surface area contributed by atoms with E-state index in [1.54, 1.807) is 0 Å². The Labute approximate surface area is 117 Å². The Balaban J connectivity index is 2.29. The Hall–Kier alpha value is -2.04. The van der Waals surface area contributed by atoms with Crippen molar-refractivity contribution in [3.8, 4) is 0 Å². The van der Waals surface area contributed by atoms with Gasteiger partial charge in [0, 0.05) is 30.8 Å². The van der Waals surface area contributed by atoms with E-state index in [1.165, 1.54) is 12.1 Å². The van der Waals surface area contributed by atoms with Crippen molar-refractivity contribution in [3.05, 3.63) is 53.0 Å². The average Bonchev–Trinajstić information content (AvgIpc) is 2.37. The highest BCUT2D eigenvalue weighted by molar-refractivity contribution is 5.36. The van der Waals surface area contributed by atoms with Crippen LogP contribution < -0.4 is 5.32 Å². The number of hydrogen-bond acceptors (Lipinski definition) is 3. The molecule has 0 unspecified atom stereocenters. The highest BCUT2D eigenvalue weighted by Crippen LogP contribution is 2.14. The molecule has 0 fully saturated rings. The maximum absolute atomic E-state index is 13.2. The molecule has 0 amide bonds. The van der Waals surface area contributed by atoms with Crippen LogP contribution in [-0.2, 0) is 12.8 Å². The van der Waals surface area contributed by atoms with Crippen LogP contribution >= 0.6 is 0 Å². The monoisotopic (exact) mass is 277 g/mol. The highest BCUT2D eigenvalue weighted by Gasteiger charge is 2.07. The van der Waals surface area contributed by atoms with Crippen LogP contribution in [-0.4, -0.2) is 16.5 Å². The van der Waals surface area contributed by atoms with E-state index < -0.39 is 11.6 Å². The predicted octanol–water partition coefficient (Wildman–Crippen LogP) is 3.34. The molecule has 0 saturated carbocycles. The number of aromatic nitrogens is 2. The molecule has 20 heavy (non-hydrogen) atoms. The third-order valence-electron chi connectivity index (χ3n) is 2.83. The maximum atomic E-state index is 13.2. The lowest BCUT2D eigenvalue weighted by Crippen LogP contribution is -2.06. The largest absolute Gasteiger partial charge is 0.370 e. The predicted molar refractivity (Wildman–Crippen MR) is 74.7 cm³/mol. The Morgan fingerprint density at radius 1 is 1.00 bits per heavy atom. The van der Waals surface area contributed by atoms with E-state index >= 15 is 0 Å². The maximum Gasteiger partial charge on any atom is 0.135 e. The second-order valence-electron chi connectivity index (χ2n) is 4.50. The summed E-state index contributed by atoms with van der Waals surface area (Å²) in [4.78, 5) is 8.75. The van der Waals surface area contributed by atoms with Crippen LogP contribution in [0.1, 0.15) is 30.9 Å². The number of anilines is 1. The molecule has 5 heteroatoms. The minimum atomic E-state index is -0.585. The summed E-state index contributed by atoms with van der Waals surface area (Å²) >= 11 is 0. The number of rotatable bonds is 5. The molecule has 0 spiro atoms. The summed E-state index contributed by atoms with van der Waals surface area (Å²) < 4.78 is 26.4. The van der Waals surface area contributed by atoms with Crippen LogP contribution in [0.2, 0.25) is 0 Å². The van der Waals surface area contributed by atoms with Gasteiger partial charge in [0.1, 0.15) is 23.3 Å². The average molecular weight is 277 g/mol. The minimum Gasteiger partial charge on any atom is -0.370 e. The fourth-order valence-electron chi connectivity index (χ4n) is 1.98. The van der Waals surface area contributed by atoms with Gasteiger partial charge in [-0.05, 0) is 31.0 Å². The fraction of sp³-hybridized carbons (Fsp3) is 0.333. The normalized spacial score (nSPS) is 10.6. The van der Waals surface area contributed by atoms with Crippen LogP contribution in [0.4, 0.5) is 14.6 Å². The standard InChI is InChI=1S/C15H17F2N3/c1-3-13-9-14(18-4-2)20-15(19-13)7-10-5-11(16)8-12(17)6-10/h5-6,8-9H,3-4,7H2,1-2H3,(H,18,19,20). The van der Waals surface area contributed by atoms with E-state index in [-0.39, 0.29) is 0 Å². The van der Waals surface area contributed by atoms with Gasteiger partial charge in [-0.2, -0.15) is 0 Å². The van der Waals surface area contributed by atoms with Gasteiger partial charge in [0.05, 0.1) is 0 Å². The van der Waals surface area contributed by atoms with Crippen molar-refractivity contribution in [2.24, 2.45) is 0 Å². The first-order valence-electron chi connectivity index (χ1n) is 6.66. The number of aryl methyl sites for hydroxylation is 1. The van der Waals surface area contributed by atoms with E-state index in [9.17, 15) is 8.78 Å². The number of hydrogen-bond donors (Lipinski definition) is 1. The quantitative estimate of drug-likeness (QED) is 0.910. The Kier molecular flexibility index (Phi) is 4.61. The van der Waals surface area contributed by atoms with Gasteiger partial charge in [0.2, 0.25) is 0 Å². The Morgan fingerprint density at radius 3 is 2.30 bits per heavy atom. The van der Waals surface area contributed by atoms with Crippen molar-refractivity contribution >= 4 is 5.82 Å². The molecule has 0 saturated heterocycles. The summed E-state index contributed by atoms with van der Waals surface area (Å²) in [5.74, 6) is 0.133. The summed E-state index contributed by atoms with van der Waals surface area (Å²) in [6.07, 6.45) is 1.09. The molecular weight excluding hydrogens is 260 g/mol. The van der Waals surface area contributed by atoms with Crippen molar-refractivity contribution < 1.29 is 8.78 Å². The molecule has 0 bridgehead atoms. The molecule has 0 radical (unpaired) electrons. The zero-order chi connectivity index (χ0) is 14.5. The number of halogens is 2. The zero-order valence-corrected chi connectivity index (χ0v) is 11.6. The second-order valence-corrected chi connectivity index (χ2v) is 4.50. The molecule has 0 atom stereocenters. The van der Waals surface area contributed by atoms with Gasteiger partial charge in [0.15, 0.2) is 0 Å². The summed E-state index contributed by atoms with van der Waals surface area (Å²) in [6.45, 7) is 4.74. The molecule has 1 heterocycles. The van der Waals surface area contributed by atoms with Gasteiger partial charge in [0.25, 0.3) is 0 Å². The van der Waals surface area contributed by atoms with Gasteiger partial charge in [-0.3, -0.25) is 0 Å². The number of benzene rings is 1. The molecule has 106 valence electrons. The first-order chi connectivity index (χ1) is 9.60. The molecule has 1 N–H and O–H groups in total. The molecule has 1 aromatic carbocycles. The zero-order valence-electron chi connectivity index (χ0n) is 11.6. The molecule has 2 aromatic rings. The van der Waals surface area contributed by atoms with Crippen LogP contribution in [0.5, 0.6) is 0 Å². The van der Waals surface area contributed by atoms with Crippen molar-refractivity contribution in [2.45, 2.75) is 26.7 Å². The third kappa shape index (κ3) is 3.73. The van der Waals surface area contributed by atoms with Gasteiger partial charge in [-0.1, -0.05) is 6.92 Å². The van der Waals surface area contributed by atoms with Crippen molar-refractivity contribution in [2.75, 3.05) is 11.9 Å². The van der Waals surface area contributed by atoms with Gasteiger partial charge in [-0.15, -0.1) is 0 Å². The van der Waals surface area contributed by atoms with Crippen LogP contribution in [0.25, 0.3) is 0 Å². The van der Waals surface area contributed by atoms with Gasteiger partial charge < -0.3 is 5.32 Å². The lowest BCUT2D eigenvalue weighted by atomic mass is 10.1. The highest BCUT2D eigenvalue weighted by atomic mass is 19.1. The SMILES string of the molecule is CCNc1cc(CC)nc(Cc2cc(F)cc(F)c2)n1. The first kappa shape index (κ1) is 14.4. The topological polar surface area (TPSA) is 37.8 Å². The van der Waals surface area contributed by atoms with Crippen molar-refractivity contribution in [1.82, 2.24) is 9.97 Å². The Bertz CT molecular complexity index is 579. The molecule has 1 aromatic heterocycles. The molecule has 0 aliphatic rings. The molecule has 2 rings (SSSR count). The minimum absolute atomic E-state index is 0.306. The van der Waals surface area contributed by atoms with E-state index in [4.69, 9.17) is 0 Å². The third-order valence-corrected chi connectivity index (χ3v) is 2.83. The van der Waals surface area contributed by atoms with E-state index in [2.05, 4.69) is 15.3 Å². The van der Waals surface area contributed by atoms with E-state index in [0.29, 0.717) is 17.8 Å². The van der Waals surface area contributed by atoms with Gasteiger partial charge in [-0.25, -0.2) is 18.7 Å². The molecule has 0 aliphatic heterocycles. The van der Waals surface area contributed by atoms with Gasteiger partial charge >= 0.3 is 0 Å². The van der Waals surface area contributed by atoms with Crippen LogP contribution in [0.15, 0.2) is 24.3 Å². The molecule has 0 aliphatic carbocycles. The molecule has 3 nitrogen and oxygen atoms in total. The summed E-state index contributed by atoms with van der Waals surface area (Å²) in [5.41, 5.74) is 1.43. The van der Waals surface area contributed by atoms with Crippen molar-refractivity contribution in [1.29, 1.82) is 0 Å². The first-order valence-corrected chi connectivity index (χ1v) is 6.66.